The van der Waals surface area contributed by atoms with E-state index in [0.29, 0.717) is 0 Å². The van der Waals surface area contributed by atoms with Crippen LogP contribution in [0.15, 0.2) is 48.5 Å². The van der Waals surface area contributed by atoms with Crippen LogP contribution in [0, 0.1) is 0 Å². The Labute approximate surface area is 234 Å². The predicted octanol–water partition coefficient (Wildman–Crippen LogP) is 11.2. The monoisotopic (exact) mass is 616 g/mol. The van der Waals surface area contributed by atoms with Crippen LogP contribution < -0.4 is 6.15 Å². The van der Waals surface area contributed by atoms with Gasteiger partial charge in [0.05, 0.1) is 0 Å². The number of hydrogen-bond acceptors (Lipinski definition) is 2. The first-order valence-electron chi connectivity index (χ1n) is 15.7. The van der Waals surface area contributed by atoms with Gasteiger partial charge < -0.3 is 0 Å². The molecular formula is C34H56O2Sn. The number of unbranched alkanes of at least 4 members (excludes halogenated alkanes) is 10. The summed E-state index contributed by atoms with van der Waals surface area (Å²) in [6.07, 6.45) is 20.2. The maximum absolute atomic E-state index is 7.27. The summed E-state index contributed by atoms with van der Waals surface area (Å²) < 4.78 is 16.8. The number of rotatable bonds is 22. The van der Waals surface area contributed by atoms with E-state index in [4.69, 9.17) is 6.15 Å². The van der Waals surface area contributed by atoms with Gasteiger partial charge in [0.25, 0.3) is 0 Å². The van der Waals surface area contributed by atoms with Crippen LogP contribution in [0.4, 0.5) is 0 Å². The predicted molar refractivity (Wildman–Crippen MR) is 164 cm³/mol. The second kappa shape index (κ2) is 19.8. The van der Waals surface area contributed by atoms with Gasteiger partial charge in [-0.25, -0.2) is 0 Å². The SMILES string of the molecule is CCCCCCC[CH2][Sn]([CH2]CCCCCCC)([O]c1ccccc1CCC)[O]c1ccccc1CCC. The Balaban J connectivity index is 2.32. The van der Waals surface area contributed by atoms with Crippen molar-refractivity contribution in [3.8, 4) is 11.5 Å². The van der Waals surface area contributed by atoms with Gasteiger partial charge in [0, 0.05) is 0 Å². The summed E-state index contributed by atoms with van der Waals surface area (Å²) in [5.74, 6) is 2.20. The molecular weight excluding hydrogens is 559 g/mol. The molecule has 2 nitrogen and oxygen atoms in total. The van der Waals surface area contributed by atoms with Crippen LogP contribution in [0.1, 0.15) is 129 Å². The van der Waals surface area contributed by atoms with Crippen LogP contribution in [-0.4, -0.2) is 19.2 Å². The van der Waals surface area contributed by atoms with Gasteiger partial charge in [-0.1, -0.05) is 0 Å². The van der Waals surface area contributed by atoms with Gasteiger partial charge in [0.1, 0.15) is 0 Å². The first-order chi connectivity index (χ1) is 18.2. The van der Waals surface area contributed by atoms with E-state index in [0.717, 1.165) is 46.1 Å². The van der Waals surface area contributed by atoms with E-state index in [1.807, 2.05) is 0 Å². The minimum atomic E-state index is -3.51. The zero-order valence-electron chi connectivity index (χ0n) is 24.7. The van der Waals surface area contributed by atoms with Crippen molar-refractivity contribution in [3.05, 3.63) is 59.7 Å². The second-order valence-corrected chi connectivity index (χ2v) is 20.1. The Hall–Kier alpha value is -1.16. The molecule has 2 aromatic rings. The summed E-state index contributed by atoms with van der Waals surface area (Å²) in [5.41, 5.74) is 2.70. The first-order valence-corrected chi connectivity index (χ1v) is 22.1. The van der Waals surface area contributed by atoms with E-state index in [-0.39, 0.29) is 0 Å². The molecule has 0 heterocycles. The van der Waals surface area contributed by atoms with Gasteiger partial charge in [-0.2, -0.15) is 0 Å². The Morgan fingerprint density at radius 3 is 1.24 bits per heavy atom. The first kappa shape index (κ1) is 32.1. The van der Waals surface area contributed by atoms with Crippen molar-refractivity contribution in [2.75, 3.05) is 0 Å². The summed E-state index contributed by atoms with van der Waals surface area (Å²) in [6.45, 7) is 9.12. The van der Waals surface area contributed by atoms with Crippen LogP contribution >= 0.6 is 0 Å². The second-order valence-electron chi connectivity index (χ2n) is 10.9. The minimum absolute atomic E-state index is 1.07. The molecule has 208 valence electrons. The van der Waals surface area contributed by atoms with E-state index in [2.05, 4.69) is 76.2 Å². The molecule has 2 aromatic carbocycles. The third-order valence-corrected chi connectivity index (χ3v) is 17.1. The van der Waals surface area contributed by atoms with Crippen molar-refractivity contribution >= 4 is 19.2 Å². The van der Waals surface area contributed by atoms with Crippen molar-refractivity contribution in [1.82, 2.24) is 0 Å². The normalized spacial score (nSPS) is 11.6. The van der Waals surface area contributed by atoms with Crippen LogP contribution in [0.3, 0.4) is 0 Å². The maximum atomic E-state index is 7.27. The van der Waals surface area contributed by atoms with Gasteiger partial charge in [-0.05, 0) is 0 Å². The fraction of sp³-hybridized carbons (Fsp3) is 0.647. The molecule has 0 aromatic heterocycles. The summed E-state index contributed by atoms with van der Waals surface area (Å²) >= 11 is -3.51. The van der Waals surface area contributed by atoms with Crippen LogP contribution in [0.25, 0.3) is 0 Å². The molecule has 0 aliphatic rings. The van der Waals surface area contributed by atoms with Gasteiger partial charge >= 0.3 is 236 Å². The molecule has 0 aliphatic carbocycles. The molecule has 3 heteroatoms. The summed E-state index contributed by atoms with van der Waals surface area (Å²) in [7, 11) is 0. The van der Waals surface area contributed by atoms with Crippen molar-refractivity contribution in [2.45, 2.75) is 139 Å². The van der Waals surface area contributed by atoms with Crippen molar-refractivity contribution < 1.29 is 6.15 Å². The fourth-order valence-corrected chi connectivity index (χ4v) is 15.2. The molecule has 2 rings (SSSR count). The summed E-state index contributed by atoms with van der Waals surface area (Å²) in [5, 5.41) is 0. The molecule has 0 amide bonds. The molecule has 0 atom stereocenters. The fourth-order valence-electron chi connectivity index (χ4n) is 5.26. The molecule has 0 unspecified atom stereocenters. The van der Waals surface area contributed by atoms with Gasteiger partial charge in [-0.15, -0.1) is 0 Å². The molecule has 0 radical (unpaired) electrons. The quantitative estimate of drug-likeness (QED) is 0.0969. The van der Waals surface area contributed by atoms with Gasteiger partial charge in [0.15, 0.2) is 0 Å². The zero-order valence-corrected chi connectivity index (χ0v) is 27.5. The standard InChI is InChI=1S/2C9H12O.2C8H17.Sn/c2*1-2-5-8-6-3-4-7-9(8)10;2*1-3-5-7-8-6-4-2;/h2*3-4,6-7,10H,2,5H2,1H3;2*1,3-8H2,2H3;/q;;;;+2/p-2. The number of hydrogen-bond donors (Lipinski definition) is 0. The Kier molecular flexibility index (Phi) is 17.2. The third kappa shape index (κ3) is 12.5. The van der Waals surface area contributed by atoms with Gasteiger partial charge in [-0.3, -0.25) is 0 Å². The topological polar surface area (TPSA) is 18.5 Å². The summed E-state index contributed by atoms with van der Waals surface area (Å²) in [4.78, 5) is 0. The molecule has 37 heavy (non-hydrogen) atoms. The number of para-hydroxylation sites is 2. The molecule has 0 bridgehead atoms. The number of aryl methyl sites for hydroxylation is 2. The van der Waals surface area contributed by atoms with E-state index < -0.39 is 19.2 Å². The molecule has 0 spiro atoms. The van der Waals surface area contributed by atoms with Gasteiger partial charge in [0.2, 0.25) is 0 Å². The average molecular weight is 616 g/mol. The molecule has 0 N–H and O–H groups in total. The van der Waals surface area contributed by atoms with Crippen molar-refractivity contribution in [2.24, 2.45) is 0 Å². The van der Waals surface area contributed by atoms with Crippen molar-refractivity contribution in [1.29, 1.82) is 0 Å². The molecule has 0 saturated carbocycles. The van der Waals surface area contributed by atoms with E-state index >= 15 is 0 Å². The molecule has 0 saturated heterocycles. The van der Waals surface area contributed by atoms with E-state index in [9.17, 15) is 0 Å². The molecule has 0 fully saturated rings. The van der Waals surface area contributed by atoms with E-state index in [1.165, 1.54) is 88.2 Å². The zero-order chi connectivity index (χ0) is 26.6. The average Bonchev–Trinajstić information content (AvgIpc) is 2.91. The van der Waals surface area contributed by atoms with E-state index in [1.54, 1.807) is 0 Å². The van der Waals surface area contributed by atoms with Crippen LogP contribution in [0.5, 0.6) is 11.5 Å². The number of benzene rings is 2. The van der Waals surface area contributed by atoms with Crippen LogP contribution in [-0.2, 0) is 12.8 Å². The van der Waals surface area contributed by atoms with Crippen molar-refractivity contribution in [3.63, 3.8) is 0 Å². The Bertz CT molecular complexity index is 765. The summed E-state index contributed by atoms with van der Waals surface area (Å²) in [6, 6.07) is 17.5. The Morgan fingerprint density at radius 1 is 0.459 bits per heavy atom. The van der Waals surface area contributed by atoms with Crippen LogP contribution in [0.2, 0.25) is 8.87 Å². The third-order valence-electron chi connectivity index (χ3n) is 7.40. The Morgan fingerprint density at radius 2 is 0.838 bits per heavy atom. The molecule has 0 aliphatic heterocycles.